The molecule has 0 bridgehead atoms. The van der Waals surface area contributed by atoms with Crippen LogP contribution in [0.5, 0.6) is 0 Å². The van der Waals surface area contributed by atoms with Crippen LogP contribution in [-0.2, 0) is 0 Å². The van der Waals surface area contributed by atoms with E-state index in [9.17, 15) is 22.0 Å². The summed E-state index contributed by atoms with van der Waals surface area (Å²) >= 11 is 0. The van der Waals surface area contributed by atoms with Gasteiger partial charge in [0.05, 0.1) is 0 Å². The van der Waals surface area contributed by atoms with Gasteiger partial charge in [-0.25, -0.2) is 8.78 Å². The Morgan fingerprint density at radius 2 is 1.62 bits per heavy atom. The summed E-state index contributed by atoms with van der Waals surface area (Å²) in [6.45, 7) is 3.86. The molecule has 0 aromatic heterocycles. The summed E-state index contributed by atoms with van der Waals surface area (Å²) < 4.78 is 66.1. The van der Waals surface area contributed by atoms with E-state index in [2.05, 4.69) is 0 Å². The SMILES string of the molecule is CCC1CC(C)(C(F)(F)F)C(F)(F)C1CC. The zero-order valence-electron chi connectivity index (χ0n) is 9.67. The Bertz CT molecular complexity index is 258. The maximum atomic E-state index is 13.9. The minimum absolute atomic E-state index is 0.0944. The Balaban J connectivity index is 3.16. The van der Waals surface area contributed by atoms with Crippen molar-refractivity contribution in [1.82, 2.24) is 0 Å². The van der Waals surface area contributed by atoms with Gasteiger partial charge in [-0.05, 0) is 25.7 Å². The fourth-order valence-electron chi connectivity index (χ4n) is 2.83. The van der Waals surface area contributed by atoms with Crippen molar-refractivity contribution in [3.05, 3.63) is 0 Å². The van der Waals surface area contributed by atoms with Crippen LogP contribution in [0.25, 0.3) is 0 Å². The lowest BCUT2D eigenvalue weighted by Crippen LogP contribution is -2.48. The van der Waals surface area contributed by atoms with E-state index >= 15 is 0 Å². The fourth-order valence-corrected chi connectivity index (χ4v) is 2.83. The Morgan fingerprint density at radius 3 is 1.88 bits per heavy atom. The van der Waals surface area contributed by atoms with Crippen LogP contribution in [0.15, 0.2) is 0 Å². The molecule has 0 aliphatic heterocycles. The van der Waals surface area contributed by atoms with Gasteiger partial charge < -0.3 is 0 Å². The van der Waals surface area contributed by atoms with Crippen molar-refractivity contribution in [2.45, 2.75) is 52.1 Å². The molecule has 0 amide bonds. The van der Waals surface area contributed by atoms with Crippen molar-refractivity contribution in [2.24, 2.45) is 17.3 Å². The summed E-state index contributed by atoms with van der Waals surface area (Å²) in [6.07, 6.45) is -4.83. The van der Waals surface area contributed by atoms with Crippen LogP contribution in [0.1, 0.15) is 40.0 Å². The van der Waals surface area contributed by atoms with Gasteiger partial charge in [-0.15, -0.1) is 0 Å². The number of hydrogen-bond donors (Lipinski definition) is 0. The molecule has 1 fully saturated rings. The quantitative estimate of drug-likeness (QED) is 0.620. The summed E-state index contributed by atoms with van der Waals surface area (Å²) in [5, 5.41) is 0. The molecular formula is C11H17F5. The highest BCUT2D eigenvalue weighted by molar-refractivity contribution is 5.06. The van der Waals surface area contributed by atoms with Gasteiger partial charge in [-0.2, -0.15) is 13.2 Å². The van der Waals surface area contributed by atoms with Crippen LogP contribution < -0.4 is 0 Å². The lowest BCUT2D eigenvalue weighted by atomic mass is 9.82. The highest BCUT2D eigenvalue weighted by Gasteiger charge is 2.73. The first-order chi connectivity index (χ1) is 7.11. The standard InChI is InChI=1S/C11H17F5/c1-4-7-6-9(3,11(14,15)16)10(12,13)8(7)5-2/h7-8H,4-6H2,1-3H3. The first-order valence-corrected chi connectivity index (χ1v) is 5.56. The van der Waals surface area contributed by atoms with Crippen molar-refractivity contribution < 1.29 is 22.0 Å². The summed E-state index contributed by atoms with van der Waals surface area (Å²) in [4.78, 5) is 0. The molecule has 96 valence electrons. The van der Waals surface area contributed by atoms with Gasteiger partial charge >= 0.3 is 6.18 Å². The first-order valence-electron chi connectivity index (χ1n) is 5.56. The van der Waals surface area contributed by atoms with Gasteiger partial charge in [0.2, 0.25) is 0 Å². The molecule has 3 unspecified atom stereocenters. The molecule has 0 saturated heterocycles. The van der Waals surface area contributed by atoms with E-state index < -0.39 is 35.8 Å². The molecule has 0 N–H and O–H groups in total. The number of hydrogen-bond acceptors (Lipinski definition) is 0. The molecule has 0 spiro atoms. The van der Waals surface area contributed by atoms with E-state index in [0.717, 1.165) is 0 Å². The third-order valence-electron chi connectivity index (χ3n) is 4.03. The number of halogens is 5. The highest BCUT2D eigenvalue weighted by Crippen LogP contribution is 2.64. The van der Waals surface area contributed by atoms with E-state index in [0.29, 0.717) is 13.3 Å². The lowest BCUT2D eigenvalue weighted by molar-refractivity contribution is -0.288. The van der Waals surface area contributed by atoms with Crippen molar-refractivity contribution in [3.8, 4) is 0 Å². The van der Waals surface area contributed by atoms with Crippen LogP contribution in [0.4, 0.5) is 22.0 Å². The van der Waals surface area contributed by atoms with Gasteiger partial charge in [0.15, 0.2) is 0 Å². The molecule has 0 nitrogen and oxygen atoms in total. The molecule has 0 aromatic rings. The van der Waals surface area contributed by atoms with Crippen molar-refractivity contribution in [1.29, 1.82) is 0 Å². The highest BCUT2D eigenvalue weighted by atomic mass is 19.4. The smallest absolute Gasteiger partial charge is 0.206 e. The monoisotopic (exact) mass is 244 g/mol. The Kier molecular flexibility index (Phi) is 3.29. The third-order valence-corrected chi connectivity index (χ3v) is 4.03. The minimum Gasteiger partial charge on any atom is -0.206 e. The summed E-state index contributed by atoms with van der Waals surface area (Å²) in [5.41, 5.74) is -2.86. The van der Waals surface area contributed by atoms with Crippen molar-refractivity contribution >= 4 is 0 Å². The van der Waals surface area contributed by atoms with E-state index in [1.54, 1.807) is 6.92 Å². The topological polar surface area (TPSA) is 0 Å². The predicted molar refractivity (Wildman–Crippen MR) is 51.3 cm³/mol. The van der Waals surface area contributed by atoms with E-state index in [1.165, 1.54) is 6.92 Å². The van der Waals surface area contributed by atoms with Crippen molar-refractivity contribution in [2.75, 3.05) is 0 Å². The molecule has 5 heteroatoms. The Labute approximate surface area is 92.2 Å². The van der Waals surface area contributed by atoms with Crippen molar-refractivity contribution in [3.63, 3.8) is 0 Å². The lowest BCUT2D eigenvalue weighted by Gasteiger charge is -2.35. The molecule has 0 radical (unpaired) electrons. The summed E-state index contributed by atoms with van der Waals surface area (Å²) in [7, 11) is 0. The van der Waals surface area contributed by atoms with Crippen LogP contribution in [0, 0.1) is 17.3 Å². The summed E-state index contributed by atoms with van der Waals surface area (Å²) in [6, 6.07) is 0. The molecule has 1 aliphatic carbocycles. The second-order valence-corrected chi connectivity index (χ2v) is 4.84. The molecule has 3 atom stereocenters. The van der Waals surface area contributed by atoms with E-state index in [-0.39, 0.29) is 6.42 Å². The third kappa shape index (κ3) is 1.63. The van der Waals surface area contributed by atoms with E-state index in [4.69, 9.17) is 0 Å². The van der Waals surface area contributed by atoms with Crippen LogP contribution in [0.3, 0.4) is 0 Å². The first kappa shape index (κ1) is 13.7. The average molecular weight is 244 g/mol. The van der Waals surface area contributed by atoms with Gasteiger partial charge in [0, 0.05) is 5.92 Å². The molecule has 16 heavy (non-hydrogen) atoms. The van der Waals surface area contributed by atoms with Gasteiger partial charge in [-0.3, -0.25) is 0 Å². The zero-order valence-corrected chi connectivity index (χ0v) is 9.67. The molecule has 0 aromatic carbocycles. The number of rotatable bonds is 2. The van der Waals surface area contributed by atoms with Gasteiger partial charge in [0.1, 0.15) is 5.41 Å². The predicted octanol–water partition coefficient (Wildman–Crippen LogP) is 4.65. The normalized spacial score (nSPS) is 39.0. The second-order valence-electron chi connectivity index (χ2n) is 4.84. The fraction of sp³-hybridized carbons (Fsp3) is 1.00. The van der Waals surface area contributed by atoms with Crippen LogP contribution in [-0.4, -0.2) is 12.1 Å². The minimum atomic E-state index is -4.84. The number of alkyl halides is 5. The van der Waals surface area contributed by atoms with Crippen LogP contribution >= 0.6 is 0 Å². The Hall–Kier alpha value is -0.350. The second kappa shape index (κ2) is 3.84. The van der Waals surface area contributed by atoms with E-state index in [1.807, 2.05) is 0 Å². The molecule has 1 aliphatic rings. The van der Waals surface area contributed by atoms with Crippen LogP contribution in [0.2, 0.25) is 0 Å². The van der Waals surface area contributed by atoms with Gasteiger partial charge in [0.25, 0.3) is 5.92 Å². The van der Waals surface area contributed by atoms with Gasteiger partial charge in [-0.1, -0.05) is 20.3 Å². The molecular weight excluding hydrogens is 227 g/mol. The zero-order chi connectivity index (χ0) is 12.8. The largest absolute Gasteiger partial charge is 0.400 e. The Morgan fingerprint density at radius 1 is 1.12 bits per heavy atom. The average Bonchev–Trinajstić information content (AvgIpc) is 2.34. The molecule has 0 heterocycles. The maximum absolute atomic E-state index is 13.9. The summed E-state index contributed by atoms with van der Waals surface area (Å²) in [5.74, 6) is -5.34. The maximum Gasteiger partial charge on any atom is 0.400 e. The molecule has 1 rings (SSSR count). The molecule has 1 saturated carbocycles.